The van der Waals surface area contributed by atoms with Gasteiger partial charge in [-0.15, -0.1) is 0 Å². The Morgan fingerprint density at radius 1 is 1.19 bits per heavy atom. The molecule has 1 atom stereocenters. The lowest BCUT2D eigenvalue weighted by molar-refractivity contribution is -0.143. The highest BCUT2D eigenvalue weighted by atomic mass is 32.2. The van der Waals surface area contributed by atoms with Gasteiger partial charge in [0, 0.05) is 19.0 Å². The Morgan fingerprint density at radius 2 is 1.77 bits per heavy atom. The molecule has 0 aromatic heterocycles. The van der Waals surface area contributed by atoms with Crippen LogP contribution in [0.3, 0.4) is 0 Å². The first-order chi connectivity index (χ1) is 12.2. The Bertz CT molecular complexity index is 725. The third-order valence-electron chi connectivity index (χ3n) is 4.53. The van der Waals surface area contributed by atoms with Crippen molar-refractivity contribution in [3.05, 3.63) is 30.3 Å². The summed E-state index contributed by atoms with van der Waals surface area (Å²) in [4.78, 5) is 23.9. The molecule has 1 fully saturated rings. The van der Waals surface area contributed by atoms with Gasteiger partial charge in [0.25, 0.3) is 0 Å². The Labute approximate surface area is 154 Å². The predicted octanol–water partition coefficient (Wildman–Crippen LogP) is 1.70. The van der Waals surface area contributed by atoms with Gasteiger partial charge in [0.15, 0.2) is 0 Å². The number of rotatable bonds is 7. The van der Waals surface area contributed by atoms with Crippen molar-refractivity contribution < 1.29 is 23.1 Å². The first-order valence-corrected chi connectivity index (χ1v) is 10.2. The third-order valence-corrected chi connectivity index (χ3v) is 6.44. The van der Waals surface area contributed by atoms with Crippen LogP contribution in [0.2, 0.25) is 0 Å². The van der Waals surface area contributed by atoms with Gasteiger partial charge >= 0.3 is 5.97 Å². The Morgan fingerprint density at radius 3 is 2.27 bits per heavy atom. The molecule has 1 unspecified atom stereocenters. The summed E-state index contributed by atoms with van der Waals surface area (Å²) in [5.41, 5.74) is 0. The Balaban J connectivity index is 1.95. The highest BCUT2D eigenvalue weighted by molar-refractivity contribution is 7.89. The number of aliphatic carboxylic acids is 1. The number of carbonyl (C=O) groups is 2. The van der Waals surface area contributed by atoms with E-state index in [1.807, 2.05) is 13.8 Å². The second-order valence-corrected chi connectivity index (χ2v) is 8.96. The van der Waals surface area contributed by atoms with E-state index in [-0.39, 0.29) is 35.7 Å². The molecule has 1 aromatic carbocycles. The number of carboxylic acids is 1. The summed E-state index contributed by atoms with van der Waals surface area (Å²) in [7, 11) is -3.56. The van der Waals surface area contributed by atoms with Crippen LogP contribution in [-0.2, 0) is 19.6 Å². The van der Waals surface area contributed by atoms with E-state index in [2.05, 4.69) is 5.32 Å². The van der Waals surface area contributed by atoms with Gasteiger partial charge < -0.3 is 10.4 Å². The molecule has 1 heterocycles. The van der Waals surface area contributed by atoms with E-state index in [9.17, 15) is 23.1 Å². The maximum atomic E-state index is 12.6. The summed E-state index contributed by atoms with van der Waals surface area (Å²) in [5.74, 6) is -1.58. The molecule has 1 amide bonds. The molecule has 1 aliphatic heterocycles. The fourth-order valence-corrected chi connectivity index (χ4v) is 4.57. The number of benzene rings is 1. The van der Waals surface area contributed by atoms with Crippen molar-refractivity contribution in [2.75, 3.05) is 13.1 Å². The second kappa shape index (κ2) is 8.64. The van der Waals surface area contributed by atoms with Gasteiger partial charge in [0.05, 0.1) is 4.90 Å². The largest absolute Gasteiger partial charge is 0.480 e. The SMILES string of the molecule is CC(C)CC(NC(=O)C1CCN(S(=O)(=O)c2ccccc2)CC1)C(=O)O. The molecule has 144 valence electrons. The molecular formula is C18H26N2O5S. The van der Waals surface area contributed by atoms with Crippen molar-refractivity contribution in [1.82, 2.24) is 9.62 Å². The average Bonchev–Trinajstić information content (AvgIpc) is 2.61. The molecule has 8 heteroatoms. The molecule has 0 bridgehead atoms. The second-order valence-electron chi connectivity index (χ2n) is 7.02. The van der Waals surface area contributed by atoms with Crippen molar-refractivity contribution in [3.8, 4) is 0 Å². The fourth-order valence-electron chi connectivity index (χ4n) is 3.08. The lowest BCUT2D eigenvalue weighted by Crippen LogP contribution is -2.47. The molecule has 2 N–H and O–H groups in total. The van der Waals surface area contributed by atoms with Crippen molar-refractivity contribution in [3.63, 3.8) is 0 Å². The maximum Gasteiger partial charge on any atom is 0.326 e. The summed E-state index contributed by atoms with van der Waals surface area (Å²) < 4.78 is 26.6. The van der Waals surface area contributed by atoms with Crippen molar-refractivity contribution >= 4 is 21.9 Å². The van der Waals surface area contributed by atoms with Gasteiger partial charge in [-0.05, 0) is 37.3 Å². The monoisotopic (exact) mass is 382 g/mol. The number of nitrogens with one attached hydrogen (secondary N) is 1. The van der Waals surface area contributed by atoms with Crippen LogP contribution in [-0.4, -0.2) is 48.8 Å². The summed E-state index contributed by atoms with van der Waals surface area (Å²) in [5, 5.41) is 11.8. The minimum atomic E-state index is -3.56. The molecule has 2 rings (SSSR count). The topological polar surface area (TPSA) is 104 Å². The van der Waals surface area contributed by atoms with Gasteiger partial charge in [-0.3, -0.25) is 4.79 Å². The molecule has 1 saturated heterocycles. The fraction of sp³-hybridized carbons (Fsp3) is 0.556. The van der Waals surface area contributed by atoms with Gasteiger partial charge in [-0.25, -0.2) is 13.2 Å². The number of piperidine rings is 1. The van der Waals surface area contributed by atoms with Crippen LogP contribution >= 0.6 is 0 Å². The number of nitrogens with zero attached hydrogens (tertiary/aromatic N) is 1. The van der Waals surface area contributed by atoms with Crippen LogP contribution in [0.15, 0.2) is 35.2 Å². The van der Waals surface area contributed by atoms with E-state index >= 15 is 0 Å². The molecule has 0 radical (unpaired) electrons. The smallest absolute Gasteiger partial charge is 0.326 e. The van der Waals surface area contributed by atoms with Crippen LogP contribution in [0, 0.1) is 11.8 Å². The molecule has 0 saturated carbocycles. The van der Waals surface area contributed by atoms with E-state index in [1.165, 1.54) is 4.31 Å². The number of sulfonamides is 1. The van der Waals surface area contributed by atoms with Gasteiger partial charge in [-0.1, -0.05) is 32.0 Å². The predicted molar refractivity (Wildman–Crippen MR) is 96.9 cm³/mol. The lowest BCUT2D eigenvalue weighted by atomic mass is 9.96. The van der Waals surface area contributed by atoms with Crippen molar-refractivity contribution in [2.45, 2.75) is 44.0 Å². The molecule has 1 aromatic rings. The van der Waals surface area contributed by atoms with E-state index in [0.29, 0.717) is 19.3 Å². The average molecular weight is 382 g/mol. The van der Waals surface area contributed by atoms with E-state index < -0.39 is 22.0 Å². The molecule has 26 heavy (non-hydrogen) atoms. The summed E-state index contributed by atoms with van der Waals surface area (Å²) in [6.45, 7) is 4.29. The number of hydrogen-bond acceptors (Lipinski definition) is 4. The quantitative estimate of drug-likeness (QED) is 0.747. The third kappa shape index (κ3) is 5.04. The first kappa shape index (κ1) is 20.4. The highest BCUT2D eigenvalue weighted by Gasteiger charge is 2.33. The minimum absolute atomic E-state index is 0.147. The van der Waals surface area contributed by atoms with Crippen LogP contribution in [0.4, 0.5) is 0 Å². The normalized spacial score (nSPS) is 17.8. The molecule has 7 nitrogen and oxygen atoms in total. The number of amides is 1. The van der Waals surface area contributed by atoms with E-state index in [1.54, 1.807) is 30.3 Å². The molecule has 1 aliphatic rings. The van der Waals surface area contributed by atoms with Crippen LogP contribution in [0.25, 0.3) is 0 Å². The Hall–Kier alpha value is -1.93. The van der Waals surface area contributed by atoms with Gasteiger partial charge in [0.1, 0.15) is 6.04 Å². The zero-order chi connectivity index (χ0) is 19.3. The van der Waals surface area contributed by atoms with E-state index in [0.717, 1.165) is 0 Å². The molecular weight excluding hydrogens is 356 g/mol. The van der Waals surface area contributed by atoms with Crippen LogP contribution in [0.5, 0.6) is 0 Å². The summed E-state index contributed by atoms with van der Waals surface area (Å²) in [6.07, 6.45) is 1.13. The summed E-state index contributed by atoms with van der Waals surface area (Å²) in [6, 6.07) is 7.30. The number of carboxylic acid groups (broad SMARTS) is 1. The highest BCUT2D eigenvalue weighted by Crippen LogP contribution is 2.24. The lowest BCUT2D eigenvalue weighted by Gasteiger charge is -2.31. The van der Waals surface area contributed by atoms with Crippen LogP contribution < -0.4 is 5.32 Å². The van der Waals surface area contributed by atoms with Gasteiger partial charge in [0.2, 0.25) is 15.9 Å². The minimum Gasteiger partial charge on any atom is -0.480 e. The summed E-state index contributed by atoms with van der Waals surface area (Å²) >= 11 is 0. The zero-order valence-corrected chi connectivity index (χ0v) is 15.9. The zero-order valence-electron chi connectivity index (χ0n) is 15.1. The molecule has 0 spiro atoms. The van der Waals surface area contributed by atoms with Crippen molar-refractivity contribution in [1.29, 1.82) is 0 Å². The number of hydrogen-bond donors (Lipinski definition) is 2. The maximum absolute atomic E-state index is 12.6. The number of carbonyl (C=O) groups excluding carboxylic acids is 1. The van der Waals surface area contributed by atoms with Gasteiger partial charge in [-0.2, -0.15) is 4.31 Å². The standard InChI is InChI=1S/C18H26N2O5S/c1-13(2)12-16(18(22)23)19-17(21)14-8-10-20(11-9-14)26(24,25)15-6-4-3-5-7-15/h3-7,13-14,16H,8-12H2,1-2H3,(H,19,21)(H,22,23). The first-order valence-electron chi connectivity index (χ1n) is 8.80. The van der Waals surface area contributed by atoms with Crippen LogP contribution in [0.1, 0.15) is 33.1 Å². The van der Waals surface area contributed by atoms with Crippen molar-refractivity contribution in [2.24, 2.45) is 11.8 Å². The van der Waals surface area contributed by atoms with E-state index in [4.69, 9.17) is 0 Å². The molecule has 0 aliphatic carbocycles. The Kier molecular flexibility index (Phi) is 6.77.